The van der Waals surface area contributed by atoms with Crippen LogP contribution in [-0.2, 0) is 16.4 Å². The Hall–Kier alpha value is -2.62. The lowest BCUT2D eigenvalue weighted by atomic mass is 10.2. The highest BCUT2D eigenvalue weighted by Gasteiger charge is 2.15. The van der Waals surface area contributed by atoms with Gasteiger partial charge in [-0.05, 0) is 31.2 Å². The number of nitrogens with one attached hydrogen (secondary N) is 1. The normalized spacial score (nSPS) is 11.9. The minimum absolute atomic E-state index is 0.233. The third kappa shape index (κ3) is 3.82. The van der Waals surface area contributed by atoms with Crippen molar-refractivity contribution in [3.05, 3.63) is 71.0 Å². The van der Waals surface area contributed by atoms with Crippen LogP contribution < -0.4 is 4.72 Å². The van der Waals surface area contributed by atoms with E-state index in [4.69, 9.17) is 0 Å². The van der Waals surface area contributed by atoms with Crippen molar-refractivity contribution in [2.24, 2.45) is 0 Å². The number of nitrogens with zero attached hydrogens (tertiary/aromatic N) is 3. The van der Waals surface area contributed by atoms with Crippen LogP contribution in [0, 0.1) is 12.7 Å². The number of hydrogen-bond acceptors (Lipinski definition) is 5. The molecule has 4 aromatic rings. The van der Waals surface area contributed by atoms with Crippen LogP contribution in [0.2, 0.25) is 0 Å². The third-order valence-corrected chi connectivity index (χ3v) is 6.58. The number of benzene rings is 2. The summed E-state index contributed by atoms with van der Waals surface area (Å²) in [5, 5.41) is 6.33. The molecule has 2 aromatic heterocycles. The molecule has 4 rings (SSSR count). The molecule has 0 saturated heterocycles. The SMILES string of the molecule is Cc1ccc(S(=O)(=O)NCCc2csc3nc(-c4cccc(F)c4)nn23)cc1. The van der Waals surface area contributed by atoms with Gasteiger partial charge in [0.2, 0.25) is 15.0 Å². The first-order chi connectivity index (χ1) is 13.4. The molecule has 0 amide bonds. The van der Waals surface area contributed by atoms with E-state index in [0.29, 0.717) is 22.8 Å². The highest BCUT2D eigenvalue weighted by atomic mass is 32.2. The first kappa shape index (κ1) is 18.7. The zero-order valence-electron chi connectivity index (χ0n) is 15.0. The van der Waals surface area contributed by atoms with E-state index >= 15 is 0 Å². The van der Waals surface area contributed by atoms with Gasteiger partial charge in [0.15, 0.2) is 5.82 Å². The van der Waals surface area contributed by atoms with Crippen molar-refractivity contribution in [2.45, 2.75) is 18.2 Å². The van der Waals surface area contributed by atoms with E-state index in [2.05, 4.69) is 14.8 Å². The number of rotatable bonds is 6. The van der Waals surface area contributed by atoms with Gasteiger partial charge in [-0.15, -0.1) is 16.4 Å². The first-order valence-corrected chi connectivity index (χ1v) is 10.9. The van der Waals surface area contributed by atoms with Gasteiger partial charge in [-0.25, -0.2) is 22.0 Å². The van der Waals surface area contributed by atoms with Gasteiger partial charge in [0.05, 0.1) is 10.6 Å². The third-order valence-electron chi connectivity index (χ3n) is 4.24. The molecule has 0 unspecified atom stereocenters. The molecule has 0 aliphatic rings. The summed E-state index contributed by atoms with van der Waals surface area (Å²) in [4.78, 5) is 5.34. The molecule has 1 N–H and O–H groups in total. The standard InChI is InChI=1S/C19H17FN4O2S2/c1-13-5-7-17(8-6-13)28(25,26)21-10-9-16-12-27-19-22-18(23-24(16)19)14-3-2-4-15(20)11-14/h2-8,11-12,21H,9-10H2,1H3. The van der Waals surface area contributed by atoms with Gasteiger partial charge in [-0.1, -0.05) is 29.8 Å². The zero-order valence-corrected chi connectivity index (χ0v) is 16.6. The number of aromatic nitrogens is 3. The monoisotopic (exact) mass is 416 g/mol. The maximum atomic E-state index is 13.4. The molecule has 0 atom stereocenters. The molecule has 0 spiro atoms. The molecule has 28 heavy (non-hydrogen) atoms. The van der Waals surface area contributed by atoms with Gasteiger partial charge in [0, 0.05) is 23.9 Å². The molecule has 0 fully saturated rings. The Labute approximate surface area is 165 Å². The molecular weight excluding hydrogens is 399 g/mol. The molecule has 0 radical (unpaired) electrons. The Morgan fingerprint density at radius 3 is 2.71 bits per heavy atom. The molecule has 9 heteroatoms. The van der Waals surface area contributed by atoms with E-state index in [1.165, 1.54) is 23.5 Å². The predicted molar refractivity (Wildman–Crippen MR) is 106 cm³/mol. The van der Waals surface area contributed by atoms with Crippen molar-refractivity contribution in [3.8, 4) is 11.4 Å². The maximum Gasteiger partial charge on any atom is 0.240 e. The molecule has 0 aliphatic carbocycles. The fourth-order valence-corrected chi connectivity index (χ4v) is 4.65. The molecule has 6 nitrogen and oxygen atoms in total. The van der Waals surface area contributed by atoms with Crippen LogP contribution in [0.4, 0.5) is 4.39 Å². The average molecular weight is 417 g/mol. The van der Waals surface area contributed by atoms with Gasteiger partial charge in [0.1, 0.15) is 5.82 Å². The van der Waals surface area contributed by atoms with Crippen molar-refractivity contribution in [3.63, 3.8) is 0 Å². The molecule has 0 aliphatic heterocycles. The second-order valence-electron chi connectivity index (χ2n) is 6.33. The van der Waals surface area contributed by atoms with Gasteiger partial charge < -0.3 is 0 Å². The number of hydrogen-bond donors (Lipinski definition) is 1. The summed E-state index contributed by atoms with van der Waals surface area (Å²) in [7, 11) is -3.56. The van der Waals surface area contributed by atoms with E-state index in [1.54, 1.807) is 40.9 Å². The van der Waals surface area contributed by atoms with Crippen LogP contribution in [0.1, 0.15) is 11.3 Å². The molecule has 2 aromatic carbocycles. The van der Waals surface area contributed by atoms with Crippen LogP contribution in [0.5, 0.6) is 0 Å². The molecule has 0 saturated carbocycles. The smallest absolute Gasteiger partial charge is 0.211 e. The van der Waals surface area contributed by atoms with E-state index in [9.17, 15) is 12.8 Å². The van der Waals surface area contributed by atoms with Crippen LogP contribution in [0.25, 0.3) is 16.3 Å². The first-order valence-electron chi connectivity index (χ1n) is 8.58. The van der Waals surface area contributed by atoms with Crippen LogP contribution in [-0.4, -0.2) is 29.6 Å². The van der Waals surface area contributed by atoms with E-state index < -0.39 is 10.0 Å². The number of aryl methyl sites for hydroxylation is 1. The molecule has 144 valence electrons. The zero-order chi connectivity index (χ0) is 19.7. The van der Waals surface area contributed by atoms with Crippen molar-refractivity contribution in [1.82, 2.24) is 19.3 Å². The number of fused-ring (bicyclic) bond motifs is 1. The molecule has 0 bridgehead atoms. The Balaban J connectivity index is 1.49. The van der Waals surface area contributed by atoms with Gasteiger partial charge in [0.25, 0.3) is 0 Å². The second-order valence-corrected chi connectivity index (χ2v) is 8.93. The van der Waals surface area contributed by atoms with Crippen LogP contribution >= 0.6 is 11.3 Å². The Morgan fingerprint density at radius 1 is 1.18 bits per heavy atom. The topological polar surface area (TPSA) is 76.4 Å². The Bertz CT molecular complexity index is 1230. The van der Waals surface area contributed by atoms with Gasteiger partial charge >= 0.3 is 0 Å². The minimum atomic E-state index is -3.56. The number of halogens is 1. The summed E-state index contributed by atoms with van der Waals surface area (Å²) < 4.78 is 42.5. The summed E-state index contributed by atoms with van der Waals surface area (Å²) in [6.07, 6.45) is 0.455. The van der Waals surface area contributed by atoms with Crippen LogP contribution in [0.3, 0.4) is 0 Å². The maximum absolute atomic E-state index is 13.4. The molecule has 2 heterocycles. The van der Waals surface area contributed by atoms with Crippen LogP contribution in [0.15, 0.2) is 58.8 Å². The summed E-state index contributed by atoms with van der Waals surface area (Å²) >= 11 is 1.41. The lowest BCUT2D eigenvalue weighted by Crippen LogP contribution is -2.26. The fraction of sp³-hybridized carbons (Fsp3) is 0.158. The summed E-state index contributed by atoms with van der Waals surface area (Å²) in [5.41, 5.74) is 2.43. The largest absolute Gasteiger partial charge is 0.240 e. The highest BCUT2D eigenvalue weighted by Crippen LogP contribution is 2.21. The lowest BCUT2D eigenvalue weighted by molar-refractivity contribution is 0.581. The van der Waals surface area contributed by atoms with Gasteiger partial charge in [-0.3, -0.25) is 0 Å². The van der Waals surface area contributed by atoms with E-state index in [-0.39, 0.29) is 17.3 Å². The van der Waals surface area contributed by atoms with Crippen molar-refractivity contribution >= 4 is 26.3 Å². The van der Waals surface area contributed by atoms with E-state index in [1.807, 2.05) is 12.3 Å². The van der Waals surface area contributed by atoms with Crippen molar-refractivity contribution < 1.29 is 12.8 Å². The lowest BCUT2D eigenvalue weighted by Gasteiger charge is -2.06. The number of sulfonamides is 1. The summed E-state index contributed by atoms with van der Waals surface area (Å²) in [5.74, 6) is 0.0919. The summed E-state index contributed by atoms with van der Waals surface area (Å²) in [6.45, 7) is 2.14. The van der Waals surface area contributed by atoms with E-state index in [0.717, 1.165) is 11.3 Å². The van der Waals surface area contributed by atoms with Crippen molar-refractivity contribution in [1.29, 1.82) is 0 Å². The Morgan fingerprint density at radius 2 is 1.96 bits per heavy atom. The Kier molecular flexibility index (Phi) is 4.96. The predicted octanol–water partition coefficient (Wildman–Crippen LogP) is 3.43. The summed E-state index contributed by atoms with van der Waals surface area (Å²) in [6, 6.07) is 12.8. The molecular formula is C19H17FN4O2S2. The highest BCUT2D eigenvalue weighted by molar-refractivity contribution is 7.89. The minimum Gasteiger partial charge on any atom is -0.211 e. The number of thiazole rings is 1. The van der Waals surface area contributed by atoms with Crippen molar-refractivity contribution in [2.75, 3.05) is 6.54 Å². The van der Waals surface area contributed by atoms with Gasteiger partial charge in [-0.2, -0.15) is 4.98 Å². The fourth-order valence-electron chi connectivity index (χ4n) is 2.76. The average Bonchev–Trinajstić information content (AvgIpc) is 3.24. The second kappa shape index (κ2) is 7.42. The quantitative estimate of drug-likeness (QED) is 0.523.